The van der Waals surface area contributed by atoms with Gasteiger partial charge in [-0.05, 0) is 32.8 Å². The molecule has 2 aromatic rings. The van der Waals surface area contributed by atoms with Crippen molar-refractivity contribution in [2.75, 3.05) is 6.54 Å². The summed E-state index contributed by atoms with van der Waals surface area (Å²) in [6, 6.07) is 2.15. The Morgan fingerprint density at radius 1 is 1.27 bits per heavy atom. The van der Waals surface area contributed by atoms with Gasteiger partial charge in [0.15, 0.2) is 0 Å². The first-order chi connectivity index (χ1) is 14.1. The van der Waals surface area contributed by atoms with Crippen LogP contribution in [0.2, 0.25) is 0 Å². The highest BCUT2D eigenvalue weighted by molar-refractivity contribution is 5.95. The van der Waals surface area contributed by atoms with Crippen LogP contribution in [-0.4, -0.2) is 37.9 Å². The number of imidazole rings is 1. The van der Waals surface area contributed by atoms with Crippen molar-refractivity contribution < 1.29 is 23.1 Å². The van der Waals surface area contributed by atoms with E-state index in [1.54, 1.807) is 6.07 Å². The molecule has 2 aromatic heterocycles. The second-order valence-corrected chi connectivity index (χ2v) is 8.17. The zero-order valence-corrected chi connectivity index (χ0v) is 17.6. The van der Waals surface area contributed by atoms with Crippen molar-refractivity contribution in [3.8, 4) is 0 Å². The van der Waals surface area contributed by atoms with Crippen LogP contribution in [-0.2, 0) is 12.6 Å². The molecule has 1 fully saturated rings. The van der Waals surface area contributed by atoms with Crippen molar-refractivity contribution in [3.05, 3.63) is 41.2 Å². The maximum Gasteiger partial charge on any atom is 0.424 e. The number of carbonyl (C=O) groups is 1. The summed E-state index contributed by atoms with van der Waals surface area (Å²) in [6.07, 6.45) is 2.57. The molecule has 1 saturated carbocycles. The molecule has 0 radical (unpaired) electrons. The van der Waals surface area contributed by atoms with Gasteiger partial charge in [-0.25, -0.2) is 4.98 Å². The maximum atomic E-state index is 13.6. The number of alkyl halides is 3. The number of nitrogens with one attached hydrogen (secondary N) is 1. The summed E-state index contributed by atoms with van der Waals surface area (Å²) < 4.78 is 44.1. The van der Waals surface area contributed by atoms with E-state index in [1.165, 1.54) is 25.9 Å². The van der Waals surface area contributed by atoms with Crippen LogP contribution < -0.4 is 5.32 Å². The minimum atomic E-state index is -4.92. The molecule has 30 heavy (non-hydrogen) atoms. The normalized spacial score (nSPS) is 17.7. The van der Waals surface area contributed by atoms with Crippen LogP contribution in [0.1, 0.15) is 72.1 Å². The molecule has 0 spiro atoms. The number of halogens is 3. The number of aryl methyl sites for hydroxylation is 2. The molecule has 9 heteroatoms. The summed E-state index contributed by atoms with van der Waals surface area (Å²) in [5, 5.41) is 12.9. The van der Waals surface area contributed by atoms with Gasteiger partial charge in [0, 0.05) is 49.8 Å². The van der Waals surface area contributed by atoms with Gasteiger partial charge in [-0.2, -0.15) is 13.2 Å². The first-order valence-electron chi connectivity index (χ1n) is 10.3. The SMILES string of the molecule is Cc1cc(C(=O)NCCC(O)(c2nccn2C)C(F)(F)F)c(C)n1C1CCCCC1. The first-order valence-corrected chi connectivity index (χ1v) is 10.3. The minimum Gasteiger partial charge on any atom is -0.374 e. The summed E-state index contributed by atoms with van der Waals surface area (Å²) in [5.74, 6) is -0.936. The molecule has 0 bridgehead atoms. The summed E-state index contributed by atoms with van der Waals surface area (Å²) in [5.41, 5.74) is -0.876. The van der Waals surface area contributed by atoms with E-state index in [1.807, 2.05) is 13.8 Å². The van der Waals surface area contributed by atoms with Crippen LogP contribution in [0.3, 0.4) is 0 Å². The predicted octanol–water partition coefficient (Wildman–Crippen LogP) is 3.91. The molecule has 0 aromatic carbocycles. The van der Waals surface area contributed by atoms with E-state index in [0.29, 0.717) is 11.6 Å². The van der Waals surface area contributed by atoms with E-state index in [4.69, 9.17) is 0 Å². The van der Waals surface area contributed by atoms with Gasteiger partial charge in [0.25, 0.3) is 5.91 Å². The molecule has 2 heterocycles. The average Bonchev–Trinajstić information content (AvgIpc) is 3.24. The zero-order chi connectivity index (χ0) is 22.1. The number of hydrogen-bond donors (Lipinski definition) is 2. The maximum absolute atomic E-state index is 13.6. The average molecular weight is 426 g/mol. The quantitative estimate of drug-likeness (QED) is 0.736. The fourth-order valence-corrected chi connectivity index (χ4v) is 4.50. The minimum absolute atomic E-state index is 0.338. The number of aromatic nitrogens is 3. The Bertz CT molecular complexity index is 897. The highest BCUT2D eigenvalue weighted by Gasteiger charge is 2.57. The van der Waals surface area contributed by atoms with Crippen LogP contribution in [0.5, 0.6) is 0 Å². The Labute approximate surface area is 174 Å². The van der Waals surface area contributed by atoms with Crippen molar-refractivity contribution in [2.24, 2.45) is 7.05 Å². The van der Waals surface area contributed by atoms with Crippen molar-refractivity contribution in [2.45, 2.75) is 70.2 Å². The van der Waals surface area contributed by atoms with E-state index >= 15 is 0 Å². The van der Waals surface area contributed by atoms with Crippen LogP contribution in [0.25, 0.3) is 0 Å². The van der Waals surface area contributed by atoms with Gasteiger partial charge in [-0.15, -0.1) is 0 Å². The Balaban J connectivity index is 1.72. The molecule has 3 rings (SSSR count). The molecule has 2 N–H and O–H groups in total. The van der Waals surface area contributed by atoms with Crippen molar-refractivity contribution in [1.29, 1.82) is 0 Å². The van der Waals surface area contributed by atoms with E-state index in [2.05, 4.69) is 14.9 Å². The third-order valence-electron chi connectivity index (χ3n) is 6.10. The summed E-state index contributed by atoms with van der Waals surface area (Å²) in [7, 11) is 1.39. The molecule has 0 aliphatic heterocycles. The van der Waals surface area contributed by atoms with Gasteiger partial charge in [0.2, 0.25) is 5.60 Å². The molecule has 1 aliphatic carbocycles. The number of hydrogen-bond acceptors (Lipinski definition) is 3. The van der Waals surface area contributed by atoms with E-state index < -0.39 is 29.9 Å². The van der Waals surface area contributed by atoms with Crippen LogP contribution >= 0.6 is 0 Å². The smallest absolute Gasteiger partial charge is 0.374 e. The third kappa shape index (κ3) is 4.12. The number of nitrogens with zero attached hydrogens (tertiary/aromatic N) is 3. The highest BCUT2D eigenvalue weighted by Crippen LogP contribution is 2.40. The summed E-state index contributed by atoms with van der Waals surface area (Å²) >= 11 is 0. The number of aliphatic hydroxyl groups is 1. The lowest BCUT2D eigenvalue weighted by atomic mass is 9.95. The van der Waals surface area contributed by atoms with Crippen molar-refractivity contribution in [3.63, 3.8) is 0 Å². The number of rotatable bonds is 6. The molecule has 0 saturated heterocycles. The fourth-order valence-electron chi connectivity index (χ4n) is 4.50. The van der Waals surface area contributed by atoms with E-state index in [0.717, 1.165) is 41.6 Å². The third-order valence-corrected chi connectivity index (χ3v) is 6.10. The standard InChI is InChI=1S/C21H29F3N4O2/c1-14-13-17(15(2)28(14)16-7-5-4-6-8-16)18(29)25-10-9-20(30,21(22,23)24)19-26-11-12-27(19)3/h11-13,16,30H,4-10H2,1-3H3,(H,25,29). The molecule has 1 amide bonds. The second kappa shape index (κ2) is 8.45. The van der Waals surface area contributed by atoms with Gasteiger partial charge < -0.3 is 19.6 Å². The van der Waals surface area contributed by atoms with E-state index in [-0.39, 0.29) is 6.54 Å². The van der Waals surface area contributed by atoms with Gasteiger partial charge in [-0.3, -0.25) is 4.79 Å². The van der Waals surface area contributed by atoms with Crippen LogP contribution in [0, 0.1) is 13.8 Å². The lowest BCUT2D eigenvalue weighted by Crippen LogP contribution is -2.46. The Morgan fingerprint density at radius 3 is 2.50 bits per heavy atom. The molecule has 1 unspecified atom stereocenters. The second-order valence-electron chi connectivity index (χ2n) is 8.17. The summed E-state index contributed by atoms with van der Waals surface area (Å²) in [6.45, 7) is 3.48. The van der Waals surface area contributed by atoms with Gasteiger partial charge in [0.1, 0.15) is 5.82 Å². The topological polar surface area (TPSA) is 72.1 Å². The molecular weight excluding hydrogens is 397 g/mol. The van der Waals surface area contributed by atoms with Crippen LogP contribution in [0.4, 0.5) is 13.2 Å². The summed E-state index contributed by atoms with van der Waals surface area (Å²) in [4.78, 5) is 16.4. The molecule has 6 nitrogen and oxygen atoms in total. The Hall–Kier alpha value is -2.29. The van der Waals surface area contributed by atoms with Gasteiger partial charge in [0.05, 0.1) is 5.56 Å². The van der Waals surface area contributed by atoms with Crippen molar-refractivity contribution >= 4 is 5.91 Å². The monoisotopic (exact) mass is 426 g/mol. The van der Waals surface area contributed by atoms with Gasteiger partial charge in [-0.1, -0.05) is 19.3 Å². The Kier molecular flexibility index (Phi) is 6.31. The van der Waals surface area contributed by atoms with Crippen molar-refractivity contribution in [1.82, 2.24) is 19.4 Å². The zero-order valence-electron chi connectivity index (χ0n) is 17.6. The van der Waals surface area contributed by atoms with Gasteiger partial charge >= 0.3 is 6.18 Å². The van der Waals surface area contributed by atoms with Crippen LogP contribution in [0.15, 0.2) is 18.5 Å². The highest BCUT2D eigenvalue weighted by atomic mass is 19.4. The molecule has 166 valence electrons. The van der Waals surface area contributed by atoms with E-state index in [9.17, 15) is 23.1 Å². The lowest BCUT2D eigenvalue weighted by Gasteiger charge is -2.30. The molecule has 1 aliphatic rings. The number of carbonyl (C=O) groups excluding carboxylic acids is 1. The first kappa shape index (κ1) is 22.4. The number of amides is 1. The molecule has 1 atom stereocenters. The largest absolute Gasteiger partial charge is 0.424 e. The predicted molar refractivity (Wildman–Crippen MR) is 106 cm³/mol. The fraction of sp³-hybridized carbons (Fsp3) is 0.619. The Morgan fingerprint density at radius 2 is 1.93 bits per heavy atom. The molecular formula is C21H29F3N4O2. The lowest BCUT2D eigenvalue weighted by molar-refractivity contribution is -0.272.